The summed E-state index contributed by atoms with van der Waals surface area (Å²) in [6.07, 6.45) is 0.455. The highest BCUT2D eigenvalue weighted by Gasteiger charge is 2.16. The molecular weight excluding hydrogens is 480 g/mol. The van der Waals surface area contributed by atoms with Crippen molar-refractivity contribution in [2.75, 3.05) is 32.1 Å². The minimum Gasteiger partial charge on any atom is -0.383 e. The summed E-state index contributed by atoms with van der Waals surface area (Å²) in [4.78, 5) is 26.8. The second-order valence-electron chi connectivity index (χ2n) is 6.75. The Morgan fingerprint density at radius 2 is 1.81 bits per heavy atom. The third kappa shape index (κ3) is 7.23. The van der Waals surface area contributed by atoms with Crippen LogP contribution in [0.5, 0.6) is 0 Å². The normalized spacial score (nSPS) is 10.6. The summed E-state index contributed by atoms with van der Waals surface area (Å²) in [7, 11) is 1.59. The fraction of sp³-hybridized carbons (Fsp3) is 0.273. The van der Waals surface area contributed by atoms with Gasteiger partial charge >= 0.3 is 0 Å². The number of ether oxygens (including phenoxy) is 1. The molecule has 0 aliphatic carbocycles. The first-order valence-electron chi connectivity index (χ1n) is 9.75. The zero-order chi connectivity index (χ0) is 22.1. The lowest BCUT2D eigenvalue weighted by molar-refractivity contribution is -0.131. The number of amides is 2. The lowest BCUT2D eigenvalue weighted by atomic mass is 10.1. The molecule has 2 amide bonds. The Hall–Kier alpha value is -2.62. The van der Waals surface area contributed by atoms with Crippen LogP contribution in [0, 0.1) is 0 Å². The molecule has 1 heterocycles. The average Bonchev–Trinajstić information content (AvgIpc) is 3.23. The van der Waals surface area contributed by atoms with Crippen LogP contribution < -0.4 is 5.32 Å². The molecule has 0 fully saturated rings. The van der Waals surface area contributed by atoms with Crippen LogP contribution in [0.15, 0.2) is 59.1 Å². The largest absolute Gasteiger partial charge is 0.383 e. The fourth-order valence-corrected chi connectivity index (χ4v) is 3.88. The van der Waals surface area contributed by atoms with Gasteiger partial charge in [0.05, 0.1) is 13.0 Å². The fourth-order valence-electron chi connectivity index (χ4n) is 2.85. The Morgan fingerprint density at radius 3 is 2.52 bits per heavy atom. The maximum atomic E-state index is 12.7. The number of anilines is 1. The predicted octanol–water partition coefficient (Wildman–Crippen LogP) is 4.01. The number of benzene rings is 2. The molecular formula is C22H23BrN4O3S. The average molecular weight is 503 g/mol. The second-order valence-corrected chi connectivity index (χ2v) is 8.65. The van der Waals surface area contributed by atoms with Crippen molar-refractivity contribution in [3.8, 4) is 10.6 Å². The van der Waals surface area contributed by atoms with Crippen molar-refractivity contribution in [2.45, 2.75) is 12.8 Å². The molecule has 3 aromatic rings. The SMILES string of the molecule is COCCN(CCC(=O)Nc1nnc(-c2ccc(Br)cc2)s1)C(=O)Cc1ccccc1. The van der Waals surface area contributed by atoms with Crippen LogP contribution >= 0.6 is 27.3 Å². The number of hydrogen-bond acceptors (Lipinski definition) is 6. The Balaban J connectivity index is 1.54. The Morgan fingerprint density at radius 1 is 1.06 bits per heavy atom. The van der Waals surface area contributed by atoms with E-state index in [1.807, 2.05) is 54.6 Å². The van der Waals surface area contributed by atoms with Crippen LogP contribution in [0.1, 0.15) is 12.0 Å². The van der Waals surface area contributed by atoms with E-state index in [4.69, 9.17) is 4.74 Å². The van der Waals surface area contributed by atoms with Gasteiger partial charge in [-0.1, -0.05) is 69.7 Å². The van der Waals surface area contributed by atoms with Crippen molar-refractivity contribution in [3.05, 3.63) is 64.6 Å². The lowest BCUT2D eigenvalue weighted by Crippen LogP contribution is -2.37. The number of carbonyl (C=O) groups excluding carboxylic acids is 2. The lowest BCUT2D eigenvalue weighted by Gasteiger charge is -2.22. The maximum absolute atomic E-state index is 12.7. The van der Waals surface area contributed by atoms with Gasteiger partial charge in [0, 0.05) is 36.7 Å². The molecule has 0 aliphatic heterocycles. The zero-order valence-electron chi connectivity index (χ0n) is 17.1. The number of nitrogens with zero attached hydrogens (tertiary/aromatic N) is 3. The van der Waals surface area contributed by atoms with Crippen molar-refractivity contribution in [1.82, 2.24) is 15.1 Å². The van der Waals surface area contributed by atoms with E-state index in [1.165, 1.54) is 11.3 Å². The number of halogens is 1. The quantitative estimate of drug-likeness (QED) is 0.452. The number of methoxy groups -OCH3 is 1. The van der Waals surface area contributed by atoms with Crippen LogP contribution in [0.25, 0.3) is 10.6 Å². The third-order valence-corrected chi connectivity index (χ3v) is 5.90. The van der Waals surface area contributed by atoms with E-state index in [1.54, 1.807) is 12.0 Å². The molecule has 0 atom stereocenters. The van der Waals surface area contributed by atoms with Crippen molar-refractivity contribution in [1.29, 1.82) is 0 Å². The van der Waals surface area contributed by atoms with E-state index in [2.05, 4.69) is 31.4 Å². The van der Waals surface area contributed by atoms with Crippen LogP contribution in [0.4, 0.5) is 5.13 Å². The molecule has 0 unspecified atom stereocenters. The molecule has 0 saturated carbocycles. The molecule has 9 heteroatoms. The molecule has 1 N–H and O–H groups in total. The van der Waals surface area contributed by atoms with Crippen molar-refractivity contribution in [3.63, 3.8) is 0 Å². The number of aromatic nitrogens is 2. The smallest absolute Gasteiger partial charge is 0.227 e. The standard InChI is InChI=1S/C22H23BrN4O3S/c1-30-14-13-27(20(29)15-16-5-3-2-4-6-16)12-11-19(28)24-22-26-25-21(31-22)17-7-9-18(23)10-8-17/h2-10H,11-15H2,1H3,(H,24,26,28). The minimum atomic E-state index is -0.214. The molecule has 1 aromatic heterocycles. The Kier molecular flexibility index (Phi) is 8.69. The van der Waals surface area contributed by atoms with Gasteiger partial charge in [0.25, 0.3) is 0 Å². The first kappa shape index (κ1) is 23.1. The third-order valence-electron chi connectivity index (χ3n) is 4.49. The van der Waals surface area contributed by atoms with E-state index in [9.17, 15) is 9.59 Å². The molecule has 0 bridgehead atoms. The van der Waals surface area contributed by atoms with Crippen molar-refractivity contribution in [2.24, 2.45) is 0 Å². The minimum absolute atomic E-state index is 0.0375. The van der Waals surface area contributed by atoms with Crippen molar-refractivity contribution < 1.29 is 14.3 Å². The summed E-state index contributed by atoms with van der Waals surface area (Å²) in [5.41, 5.74) is 1.87. The highest BCUT2D eigenvalue weighted by Crippen LogP contribution is 2.27. The summed E-state index contributed by atoms with van der Waals surface area (Å²) in [6, 6.07) is 17.3. The van der Waals surface area contributed by atoms with Gasteiger partial charge in [-0.05, 0) is 17.7 Å². The maximum Gasteiger partial charge on any atom is 0.227 e. The van der Waals surface area contributed by atoms with E-state index in [-0.39, 0.29) is 18.2 Å². The number of carbonyl (C=O) groups is 2. The first-order chi connectivity index (χ1) is 15.0. The highest BCUT2D eigenvalue weighted by molar-refractivity contribution is 9.10. The molecule has 3 rings (SSSR count). The van der Waals surface area contributed by atoms with Gasteiger partial charge in [-0.15, -0.1) is 10.2 Å². The molecule has 0 saturated heterocycles. The van der Waals surface area contributed by atoms with Gasteiger partial charge in [0.1, 0.15) is 5.01 Å². The summed E-state index contributed by atoms with van der Waals surface area (Å²) >= 11 is 4.71. The zero-order valence-corrected chi connectivity index (χ0v) is 19.5. The Labute approximate surface area is 193 Å². The highest BCUT2D eigenvalue weighted by atomic mass is 79.9. The summed E-state index contributed by atoms with van der Waals surface area (Å²) in [6.45, 7) is 1.15. The van der Waals surface area contributed by atoms with Gasteiger partial charge in [-0.25, -0.2) is 0 Å². The van der Waals surface area contributed by atoms with Crippen LogP contribution in [-0.2, 0) is 20.7 Å². The van der Waals surface area contributed by atoms with Crippen LogP contribution in [0.3, 0.4) is 0 Å². The number of rotatable bonds is 10. The summed E-state index contributed by atoms with van der Waals surface area (Å²) in [5.74, 6) is -0.252. The number of hydrogen-bond donors (Lipinski definition) is 1. The first-order valence-corrected chi connectivity index (χ1v) is 11.4. The Bertz CT molecular complexity index is 996. The van der Waals surface area contributed by atoms with Gasteiger partial charge in [0.2, 0.25) is 16.9 Å². The second kappa shape index (κ2) is 11.7. The topological polar surface area (TPSA) is 84.4 Å². The van der Waals surface area contributed by atoms with E-state index < -0.39 is 0 Å². The van der Waals surface area contributed by atoms with Crippen LogP contribution in [-0.4, -0.2) is 53.7 Å². The van der Waals surface area contributed by atoms with Gasteiger partial charge in [-0.3, -0.25) is 9.59 Å². The van der Waals surface area contributed by atoms with Crippen LogP contribution in [0.2, 0.25) is 0 Å². The number of nitrogens with one attached hydrogen (secondary N) is 1. The molecule has 2 aromatic carbocycles. The van der Waals surface area contributed by atoms with E-state index in [0.717, 1.165) is 20.6 Å². The molecule has 7 nitrogen and oxygen atoms in total. The molecule has 0 spiro atoms. The van der Waals surface area contributed by atoms with Gasteiger partial charge in [-0.2, -0.15) is 0 Å². The molecule has 0 aliphatic rings. The van der Waals surface area contributed by atoms with Gasteiger partial charge < -0.3 is 15.0 Å². The van der Waals surface area contributed by atoms with Gasteiger partial charge in [0.15, 0.2) is 0 Å². The predicted molar refractivity (Wildman–Crippen MR) is 125 cm³/mol. The summed E-state index contributed by atoms with van der Waals surface area (Å²) in [5, 5.41) is 12.1. The molecule has 31 heavy (non-hydrogen) atoms. The van der Waals surface area contributed by atoms with Crippen molar-refractivity contribution >= 4 is 44.2 Å². The van der Waals surface area contributed by atoms with E-state index >= 15 is 0 Å². The molecule has 162 valence electrons. The molecule has 0 radical (unpaired) electrons. The van der Waals surface area contributed by atoms with E-state index in [0.29, 0.717) is 31.2 Å². The monoisotopic (exact) mass is 502 g/mol. The summed E-state index contributed by atoms with van der Waals surface area (Å²) < 4.78 is 6.09.